The molecule has 7 heteroatoms. The topological polar surface area (TPSA) is 38.1 Å². The number of halogens is 3. The fourth-order valence-corrected chi connectivity index (χ4v) is 2.49. The SMILES string of the molecule is CCCc1c(C(=O)N2CCCC2)cnn1CC(F)(F)F. The predicted molar refractivity (Wildman–Crippen MR) is 67.4 cm³/mol. The van der Waals surface area contributed by atoms with E-state index in [1.807, 2.05) is 6.92 Å². The summed E-state index contributed by atoms with van der Waals surface area (Å²) in [6.45, 7) is 2.08. The summed E-state index contributed by atoms with van der Waals surface area (Å²) < 4.78 is 38.5. The highest BCUT2D eigenvalue weighted by Gasteiger charge is 2.31. The molecule has 2 rings (SSSR count). The fourth-order valence-electron chi connectivity index (χ4n) is 2.49. The Morgan fingerprint density at radius 1 is 1.35 bits per heavy atom. The molecule has 1 aliphatic rings. The number of amides is 1. The van der Waals surface area contributed by atoms with E-state index in [0.717, 1.165) is 17.5 Å². The molecule has 0 bridgehead atoms. The third kappa shape index (κ3) is 3.32. The quantitative estimate of drug-likeness (QED) is 0.854. The standard InChI is InChI=1S/C13H18F3N3O/c1-2-5-11-10(12(20)18-6-3-4-7-18)8-17-19(11)9-13(14,15)16/h8H,2-7,9H2,1H3. The minimum absolute atomic E-state index is 0.195. The second-order valence-electron chi connectivity index (χ2n) is 5.03. The molecule has 0 unspecified atom stereocenters. The first-order chi connectivity index (χ1) is 9.42. The van der Waals surface area contributed by atoms with Crippen LogP contribution in [0.5, 0.6) is 0 Å². The first-order valence-corrected chi connectivity index (χ1v) is 6.83. The van der Waals surface area contributed by atoms with Crippen LogP contribution < -0.4 is 0 Å². The van der Waals surface area contributed by atoms with Crippen LogP contribution in [0.25, 0.3) is 0 Å². The van der Waals surface area contributed by atoms with Crippen molar-refractivity contribution in [1.29, 1.82) is 0 Å². The molecule has 1 aromatic rings. The molecule has 0 spiro atoms. The average Bonchev–Trinajstić information content (AvgIpc) is 2.98. The van der Waals surface area contributed by atoms with E-state index in [1.54, 1.807) is 4.90 Å². The normalized spacial score (nSPS) is 15.9. The van der Waals surface area contributed by atoms with Gasteiger partial charge in [-0.05, 0) is 19.3 Å². The minimum Gasteiger partial charge on any atom is -0.339 e. The minimum atomic E-state index is -4.33. The molecule has 0 saturated carbocycles. The number of carbonyl (C=O) groups excluding carboxylic acids is 1. The van der Waals surface area contributed by atoms with Crippen molar-refractivity contribution < 1.29 is 18.0 Å². The Labute approximate surface area is 115 Å². The van der Waals surface area contributed by atoms with Crippen LogP contribution >= 0.6 is 0 Å². The van der Waals surface area contributed by atoms with Gasteiger partial charge in [-0.2, -0.15) is 18.3 Å². The van der Waals surface area contributed by atoms with Gasteiger partial charge in [-0.15, -0.1) is 0 Å². The summed E-state index contributed by atoms with van der Waals surface area (Å²) in [5.74, 6) is -0.195. The summed E-state index contributed by atoms with van der Waals surface area (Å²) in [6, 6.07) is 0. The maximum Gasteiger partial charge on any atom is 0.408 e. The van der Waals surface area contributed by atoms with Crippen molar-refractivity contribution in [2.24, 2.45) is 0 Å². The first-order valence-electron chi connectivity index (χ1n) is 6.83. The smallest absolute Gasteiger partial charge is 0.339 e. The van der Waals surface area contributed by atoms with E-state index in [9.17, 15) is 18.0 Å². The number of alkyl halides is 3. The Kier molecular flexibility index (Phi) is 4.35. The van der Waals surface area contributed by atoms with E-state index in [0.29, 0.717) is 37.2 Å². The second kappa shape index (κ2) is 5.85. The van der Waals surface area contributed by atoms with Gasteiger partial charge in [0.1, 0.15) is 6.54 Å². The molecule has 0 N–H and O–H groups in total. The fraction of sp³-hybridized carbons (Fsp3) is 0.692. The van der Waals surface area contributed by atoms with Crippen LogP contribution in [0.4, 0.5) is 13.2 Å². The van der Waals surface area contributed by atoms with Crippen LogP contribution in [0.1, 0.15) is 42.2 Å². The number of hydrogen-bond acceptors (Lipinski definition) is 2. The van der Waals surface area contributed by atoms with E-state index >= 15 is 0 Å². The van der Waals surface area contributed by atoms with Gasteiger partial charge in [-0.25, -0.2) is 0 Å². The molecule has 0 aliphatic carbocycles. The van der Waals surface area contributed by atoms with Crippen LogP contribution in [-0.4, -0.2) is 39.9 Å². The van der Waals surface area contributed by atoms with Gasteiger partial charge in [-0.1, -0.05) is 13.3 Å². The first kappa shape index (κ1) is 14.9. The van der Waals surface area contributed by atoms with Gasteiger partial charge < -0.3 is 4.90 Å². The second-order valence-corrected chi connectivity index (χ2v) is 5.03. The molecule has 112 valence electrons. The molecule has 20 heavy (non-hydrogen) atoms. The summed E-state index contributed by atoms with van der Waals surface area (Å²) >= 11 is 0. The van der Waals surface area contributed by atoms with Gasteiger partial charge >= 0.3 is 6.18 Å². The maximum absolute atomic E-state index is 12.5. The third-order valence-electron chi connectivity index (χ3n) is 3.39. The van der Waals surface area contributed by atoms with Gasteiger partial charge in [0.2, 0.25) is 0 Å². The van der Waals surface area contributed by atoms with E-state index in [1.165, 1.54) is 6.20 Å². The highest BCUT2D eigenvalue weighted by Crippen LogP contribution is 2.22. The molecule has 1 aromatic heterocycles. The molecule has 1 saturated heterocycles. The van der Waals surface area contributed by atoms with E-state index in [2.05, 4.69) is 5.10 Å². The van der Waals surface area contributed by atoms with Crippen LogP contribution in [-0.2, 0) is 13.0 Å². The van der Waals surface area contributed by atoms with Crippen LogP contribution in [0, 0.1) is 0 Å². The number of aromatic nitrogens is 2. The van der Waals surface area contributed by atoms with Gasteiger partial charge in [0.25, 0.3) is 5.91 Å². The molecule has 0 atom stereocenters. The summed E-state index contributed by atoms with van der Waals surface area (Å²) in [5.41, 5.74) is 0.708. The summed E-state index contributed by atoms with van der Waals surface area (Å²) in [7, 11) is 0. The van der Waals surface area contributed by atoms with Crippen molar-refractivity contribution >= 4 is 5.91 Å². The van der Waals surface area contributed by atoms with Crippen molar-refractivity contribution in [2.45, 2.75) is 45.3 Å². The number of nitrogens with zero attached hydrogens (tertiary/aromatic N) is 3. The van der Waals surface area contributed by atoms with Crippen LogP contribution in [0.2, 0.25) is 0 Å². The zero-order valence-electron chi connectivity index (χ0n) is 11.4. The number of likely N-dealkylation sites (tertiary alicyclic amines) is 1. The van der Waals surface area contributed by atoms with Gasteiger partial charge in [0.15, 0.2) is 0 Å². The monoisotopic (exact) mass is 289 g/mol. The number of rotatable bonds is 4. The Hall–Kier alpha value is -1.53. The zero-order valence-corrected chi connectivity index (χ0v) is 11.4. The van der Waals surface area contributed by atoms with E-state index in [-0.39, 0.29) is 5.91 Å². The van der Waals surface area contributed by atoms with Crippen molar-refractivity contribution in [2.75, 3.05) is 13.1 Å². The summed E-state index contributed by atoms with van der Waals surface area (Å²) in [5, 5.41) is 3.76. The zero-order chi connectivity index (χ0) is 14.8. The third-order valence-corrected chi connectivity index (χ3v) is 3.39. The number of carbonyl (C=O) groups is 1. The molecule has 1 fully saturated rings. The van der Waals surface area contributed by atoms with Crippen molar-refractivity contribution in [3.05, 3.63) is 17.5 Å². The molecule has 0 aromatic carbocycles. The van der Waals surface area contributed by atoms with Crippen molar-refractivity contribution in [1.82, 2.24) is 14.7 Å². The molecular weight excluding hydrogens is 271 g/mol. The lowest BCUT2D eigenvalue weighted by Crippen LogP contribution is -2.28. The Morgan fingerprint density at radius 3 is 2.55 bits per heavy atom. The molecule has 2 heterocycles. The van der Waals surface area contributed by atoms with Gasteiger partial charge in [0.05, 0.1) is 17.5 Å². The van der Waals surface area contributed by atoms with Crippen molar-refractivity contribution in [3.63, 3.8) is 0 Å². The van der Waals surface area contributed by atoms with Crippen LogP contribution in [0.3, 0.4) is 0 Å². The van der Waals surface area contributed by atoms with Gasteiger partial charge in [-0.3, -0.25) is 9.48 Å². The molecular formula is C13H18F3N3O. The lowest BCUT2D eigenvalue weighted by atomic mass is 10.1. The summed E-state index contributed by atoms with van der Waals surface area (Å²) in [6.07, 6.45) is -0.0637. The highest BCUT2D eigenvalue weighted by atomic mass is 19.4. The Bertz CT molecular complexity index is 476. The van der Waals surface area contributed by atoms with E-state index in [4.69, 9.17) is 0 Å². The molecule has 4 nitrogen and oxygen atoms in total. The lowest BCUT2D eigenvalue weighted by Gasteiger charge is -2.16. The van der Waals surface area contributed by atoms with Crippen LogP contribution in [0.15, 0.2) is 6.20 Å². The molecule has 1 amide bonds. The van der Waals surface area contributed by atoms with E-state index < -0.39 is 12.7 Å². The predicted octanol–water partition coefficient (Wildman–Crippen LogP) is 2.63. The largest absolute Gasteiger partial charge is 0.408 e. The highest BCUT2D eigenvalue weighted by molar-refractivity contribution is 5.95. The van der Waals surface area contributed by atoms with Gasteiger partial charge in [0, 0.05) is 13.1 Å². The summed E-state index contributed by atoms with van der Waals surface area (Å²) in [4.78, 5) is 14.0. The van der Waals surface area contributed by atoms with Crippen molar-refractivity contribution in [3.8, 4) is 0 Å². The molecule has 1 aliphatic heterocycles. The Balaban J connectivity index is 2.26. The lowest BCUT2D eigenvalue weighted by molar-refractivity contribution is -0.143. The maximum atomic E-state index is 12.5. The molecule has 0 radical (unpaired) electrons. The number of hydrogen-bond donors (Lipinski definition) is 0. The Morgan fingerprint density at radius 2 is 2.00 bits per heavy atom. The average molecular weight is 289 g/mol.